The standard InChI is InChI=1S/C29H40N2O3/c1-18(19-9-6-7-11-24(19)34-5)30-27(33)23-17-26(32)31(4)25-13-12-20-21-10-8-15-28(21,2)16-14-22(20)29(23,25)3/h6-7,9,11,17-18,20-22,25H,8,10,12-16H2,1-5H3,(H,30,33)/t18?,20-,21-,22+,25?,28-,29-/m0/s1. The summed E-state index contributed by atoms with van der Waals surface area (Å²) in [6.07, 6.45) is 10.2. The van der Waals surface area contributed by atoms with Crippen molar-refractivity contribution in [3.63, 3.8) is 0 Å². The van der Waals surface area contributed by atoms with Crippen molar-refractivity contribution in [3.8, 4) is 5.75 Å². The molecule has 4 aliphatic rings. The molecule has 3 saturated carbocycles. The van der Waals surface area contributed by atoms with E-state index in [1.165, 1.54) is 32.1 Å². The van der Waals surface area contributed by atoms with Crippen LogP contribution in [0.1, 0.15) is 77.3 Å². The van der Waals surface area contributed by atoms with Crippen LogP contribution in [0.5, 0.6) is 5.75 Å². The number of amides is 2. The minimum atomic E-state index is -0.319. The summed E-state index contributed by atoms with van der Waals surface area (Å²) in [4.78, 5) is 28.8. The third-order valence-corrected chi connectivity index (χ3v) is 10.3. The summed E-state index contributed by atoms with van der Waals surface area (Å²) in [5, 5.41) is 3.23. The summed E-state index contributed by atoms with van der Waals surface area (Å²) < 4.78 is 5.52. The summed E-state index contributed by atoms with van der Waals surface area (Å²) >= 11 is 0. The first kappa shape index (κ1) is 23.4. The molecule has 5 rings (SSSR count). The van der Waals surface area contributed by atoms with Crippen LogP contribution in [-0.2, 0) is 9.59 Å². The Morgan fingerprint density at radius 2 is 1.88 bits per heavy atom. The maximum absolute atomic E-state index is 13.9. The fourth-order valence-electron chi connectivity index (χ4n) is 8.52. The zero-order chi connectivity index (χ0) is 24.3. The van der Waals surface area contributed by atoms with Crippen molar-refractivity contribution < 1.29 is 14.3 Å². The quantitative estimate of drug-likeness (QED) is 0.660. The summed E-state index contributed by atoms with van der Waals surface area (Å²) in [6.45, 7) is 6.78. The Balaban J connectivity index is 1.48. The van der Waals surface area contributed by atoms with Gasteiger partial charge in [0.25, 0.3) is 0 Å². The summed E-state index contributed by atoms with van der Waals surface area (Å²) in [5.74, 6) is 2.45. The Morgan fingerprint density at radius 1 is 1.12 bits per heavy atom. The van der Waals surface area contributed by atoms with Crippen LogP contribution in [0.2, 0.25) is 0 Å². The van der Waals surface area contributed by atoms with E-state index in [4.69, 9.17) is 4.74 Å². The Labute approximate surface area is 204 Å². The molecule has 1 aromatic rings. The van der Waals surface area contributed by atoms with E-state index in [0.717, 1.165) is 30.1 Å². The highest BCUT2D eigenvalue weighted by Gasteiger charge is 2.61. The van der Waals surface area contributed by atoms with Crippen molar-refractivity contribution in [2.75, 3.05) is 14.2 Å². The van der Waals surface area contributed by atoms with Gasteiger partial charge in [0.1, 0.15) is 5.75 Å². The molecule has 7 atom stereocenters. The van der Waals surface area contributed by atoms with Gasteiger partial charge in [-0.25, -0.2) is 0 Å². The van der Waals surface area contributed by atoms with Gasteiger partial charge in [0.15, 0.2) is 0 Å². The molecule has 1 N–H and O–H groups in total. The van der Waals surface area contributed by atoms with Crippen LogP contribution in [0.25, 0.3) is 0 Å². The van der Waals surface area contributed by atoms with Gasteiger partial charge in [-0.15, -0.1) is 0 Å². The van der Waals surface area contributed by atoms with E-state index in [1.807, 2.05) is 43.1 Å². The molecule has 0 radical (unpaired) electrons. The van der Waals surface area contributed by atoms with Gasteiger partial charge in [-0.2, -0.15) is 0 Å². The minimum absolute atomic E-state index is 0.0440. The fraction of sp³-hybridized carbons (Fsp3) is 0.655. The number of likely N-dealkylation sites (N-methyl/N-ethyl adjacent to an activating group) is 1. The summed E-state index contributed by atoms with van der Waals surface area (Å²) in [5.41, 5.74) is 1.78. The van der Waals surface area contributed by atoms with E-state index >= 15 is 0 Å². The SMILES string of the molecule is COc1ccccc1C(C)NC(=O)C1=CC(=O)N(C)C2CC[C@@H]3[C@@H](CC[C@]4(C)CCC[C@@H]34)[C@@]12C. The number of carbonyl (C=O) groups is 2. The molecule has 3 fully saturated rings. The predicted molar refractivity (Wildman–Crippen MR) is 133 cm³/mol. The van der Waals surface area contributed by atoms with Gasteiger partial charge in [0.2, 0.25) is 11.8 Å². The summed E-state index contributed by atoms with van der Waals surface area (Å²) in [6, 6.07) is 7.66. The molecule has 5 heteroatoms. The highest BCUT2D eigenvalue weighted by Crippen LogP contribution is 2.65. The van der Waals surface area contributed by atoms with Crippen molar-refractivity contribution in [2.45, 2.75) is 77.8 Å². The Kier molecular flexibility index (Phi) is 5.81. The average Bonchev–Trinajstić information content (AvgIpc) is 3.23. The topological polar surface area (TPSA) is 58.6 Å². The largest absolute Gasteiger partial charge is 0.496 e. The molecule has 184 valence electrons. The van der Waals surface area contributed by atoms with Gasteiger partial charge in [-0.1, -0.05) is 38.5 Å². The number of nitrogens with one attached hydrogen (secondary N) is 1. The van der Waals surface area contributed by atoms with Crippen molar-refractivity contribution in [1.29, 1.82) is 0 Å². The lowest BCUT2D eigenvalue weighted by atomic mass is 9.47. The molecule has 0 spiro atoms. The summed E-state index contributed by atoms with van der Waals surface area (Å²) in [7, 11) is 3.58. The second-order valence-electron chi connectivity index (χ2n) is 11.8. The first-order chi connectivity index (χ1) is 16.2. The number of fused-ring (bicyclic) bond motifs is 5. The van der Waals surface area contributed by atoms with E-state index in [0.29, 0.717) is 22.8 Å². The molecule has 2 unspecified atom stereocenters. The lowest BCUT2D eigenvalue weighted by Crippen LogP contribution is -2.62. The molecule has 0 bridgehead atoms. The number of para-hydroxylation sites is 1. The molecule has 0 saturated heterocycles. The monoisotopic (exact) mass is 464 g/mol. The Bertz CT molecular complexity index is 1020. The van der Waals surface area contributed by atoms with Crippen molar-refractivity contribution in [3.05, 3.63) is 41.5 Å². The van der Waals surface area contributed by atoms with Gasteiger partial charge in [-0.05, 0) is 74.7 Å². The van der Waals surface area contributed by atoms with Gasteiger partial charge < -0.3 is 15.0 Å². The van der Waals surface area contributed by atoms with E-state index in [1.54, 1.807) is 13.2 Å². The van der Waals surface area contributed by atoms with Crippen molar-refractivity contribution in [1.82, 2.24) is 10.2 Å². The first-order valence-electron chi connectivity index (χ1n) is 13.1. The number of rotatable bonds is 4. The maximum atomic E-state index is 13.9. The van der Waals surface area contributed by atoms with Crippen LogP contribution in [0.4, 0.5) is 0 Å². The smallest absolute Gasteiger partial charge is 0.248 e. The van der Waals surface area contributed by atoms with Gasteiger partial charge in [0.05, 0.1) is 13.2 Å². The molecule has 1 heterocycles. The number of carbonyl (C=O) groups excluding carboxylic acids is 2. The number of hydrogen-bond acceptors (Lipinski definition) is 3. The number of ether oxygens (including phenoxy) is 1. The van der Waals surface area contributed by atoms with Crippen LogP contribution < -0.4 is 10.1 Å². The van der Waals surface area contributed by atoms with E-state index < -0.39 is 0 Å². The maximum Gasteiger partial charge on any atom is 0.248 e. The van der Waals surface area contributed by atoms with E-state index in [-0.39, 0.29) is 29.3 Å². The van der Waals surface area contributed by atoms with Crippen LogP contribution in [0, 0.1) is 28.6 Å². The average molecular weight is 465 g/mol. The molecular formula is C29H40N2O3. The van der Waals surface area contributed by atoms with E-state index in [2.05, 4.69) is 19.2 Å². The van der Waals surface area contributed by atoms with Crippen molar-refractivity contribution in [2.24, 2.45) is 28.6 Å². The second kappa shape index (κ2) is 8.42. The van der Waals surface area contributed by atoms with E-state index in [9.17, 15) is 9.59 Å². The highest BCUT2D eigenvalue weighted by molar-refractivity contribution is 6.03. The molecular weight excluding hydrogens is 424 g/mol. The minimum Gasteiger partial charge on any atom is -0.496 e. The van der Waals surface area contributed by atoms with Crippen LogP contribution in [0.3, 0.4) is 0 Å². The van der Waals surface area contributed by atoms with Gasteiger partial charge in [-0.3, -0.25) is 9.59 Å². The number of nitrogens with zero attached hydrogens (tertiary/aromatic N) is 1. The molecule has 0 aromatic heterocycles. The number of benzene rings is 1. The fourth-order valence-corrected chi connectivity index (χ4v) is 8.52. The van der Waals surface area contributed by atoms with Crippen LogP contribution >= 0.6 is 0 Å². The highest BCUT2D eigenvalue weighted by atomic mass is 16.5. The zero-order valence-electron chi connectivity index (χ0n) is 21.4. The van der Waals surface area contributed by atoms with Gasteiger partial charge in [0, 0.05) is 35.7 Å². The van der Waals surface area contributed by atoms with Gasteiger partial charge >= 0.3 is 0 Å². The molecule has 2 amide bonds. The molecule has 3 aliphatic carbocycles. The Morgan fingerprint density at radius 3 is 2.65 bits per heavy atom. The third kappa shape index (κ3) is 3.41. The van der Waals surface area contributed by atoms with Crippen LogP contribution in [0.15, 0.2) is 35.9 Å². The first-order valence-corrected chi connectivity index (χ1v) is 13.1. The molecule has 34 heavy (non-hydrogen) atoms. The molecule has 1 aliphatic heterocycles. The van der Waals surface area contributed by atoms with Crippen LogP contribution in [-0.4, -0.2) is 36.9 Å². The molecule has 5 nitrogen and oxygen atoms in total. The third-order valence-electron chi connectivity index (χ3n) is 10.3. The lowest BCUT2D eigenvalue weighted by molar-refractivity contribution is -0.143. The predicted octanol–water partition coefficient (Wildman–Crippen LogP) is 5.27. The molecule has 1 aromatic carbocycles. The number of hydrogen-bond donors (Lipinski definition) is 1. The zero-order valence-corrected chi connectivity index (χ0v) is 21.4. The van der Waals surface area contributed by atoms with Crippen molar-refractivity contribution >= 4 is 11.8 Å². The Hall–Kier alpha value is -2.30. The number of methoxy groups -OCH3 is 1. The second-order valence-corrected chi connectivity index (χ2v) is 11.8. The normalized spacial score (nSPS) is 37.7. The lowest BCUT2D eigenvalue weighted by Gasteiger charge is -2.61.